The third-order valence-corrected chi connectivity index (χ3v) is 4.39. The average molecular weight is 366 g/mol. The first-order valence-corrected chi connectivity index (χ1v) is 9.02. The Labute approximate surface area is 158 Å². The number of carbonyl (C=O) groups is 3. The highest BCUT2D eigenvalue weighted by Gasteiger charge is 2.20. The van der Waals surface area contributed by atoms with Crippen LogP contribution in [-0.4, -0.2) is 35.8 Å². The Morgan fingerprint density at radius 2 is 1.89 bits per heavy atom. The van der Waals surface area contributed by atoms with Crippen LogP contribution in [0.2, 0.25) is 0 Å². The first-order valence-electron chi connectivity index (χ1n) is 9.02. The summed E-state index contributed by atoms with van der Waals surface area (Å²) in [5.74, 6) is -0.507. The van der Waals surface area contributed by atoms with E-state index >= 15 is 0 Å². The van der Waals surface area contributed by atoms with E-state index in [1.807, 2.05) is 17.0 Å². The Hall–Kier alpha value is -3.15. The maximum absolute atomic E-state index is 12.4. The van der Waals surface area contributed by atoms with Gasteiger partial charge in [0.1, 0.15) is 0 Å². The van der Waals surface area contributed by atoms with Crippen molar-refractivity contribution >= 4 is 23.5 Å². The smallest absolute Gasteiger partial charge is 0.338 e. The molecule has 2 aromatic carbocycles. The van der Waals surface area contributed by atoms with Crippen molar-refractivity contribution in [2.75, 3.05) is 18.5 Å². The zero-order chi connectivity index (χ0) is 19.2. The molecule has 27 heavy (non-hydrogen) atoms. The van der Waals surface area contributed by atoms with Gasteiger partial charge in [0.15, 0.2) is 0 Å². The van der Waals surface area contributed by atoms with Crippen molar-refractivity contribution in [2.45, 2.75) is 26.3 Å². The maximum atomic E-state index is 12.4. The first kappa shape index (κ1) is 18.6. The number of anilines is 1. The summed E-state index contributed by atoms with van der Waals surface area (Å²) in [4.78, 5) is 37.8. The summed E-state index contributed by atoms with van der Waals surface area (Å²) in [6.45, 7) is 3.40. The molecule has 0 aromatic heterocycles. The zero-order valence-electron chi connectivity index (χ0n) is 15.2. The van der Waals surface area contributed by atoms with Gasteiger partial charge in [0.2, 0.25) is 5.91 Å². The molecular weight excluding hydrogens is 344 g/mol. The fraction of sp³-hybridized carbons (Fsp3) is 0.286. The van der Waals surface area contributed by atoms with Gasteiger partial charge < -0.3 is 15.0 Å². The molecule has 0 unspecified atom stereocenters. The van der Waals surface area contributed by atoms with Gasteiger partial charge in [-0.15, -0.1) is 0 Å². The van der Waals surface area contributed by atoms with E-state index in [0.717, 1.165) is 18.5 Å². The average Bonchev–Trinajstić information content (AvgIpc) is 3.07. The number of likely N-dealkylation sites (tertiary alicyclic amines) is 1. The lowest BCUT2D eigenvalue weighted by Gasteiger charge is -2.15. The predicted octanol–water partition coefficient (Wildman–Crippen LogP) is 3.24. The second kappa shape index (κ2) is 8.49. The monoisotopic (exact) mass is 366 g/mol. The molecule has 6 heteroatoms. The number of amides is 2. The van der Waals surface area contributed by atoms with Gasteiger partial charge in [-0.25, -0.2) is 4.79 Å². The zero-order valence-corrected chi connectivity index (χ0v) is 15.2. The number of ether oxygens (including phenoxy) is 1. The highest BCUT2D eigenvalue weighted by molar-refractivity contribution is 6.04. The van der Waals surface area contributed by atoms with Gasteiger partial charge in [-0.2, -0.15) is 0 Å². The van der Waals surface area contributed by atoms with Crippen LogP contribution in [-0.2, 0) is 16.1 Å². The minimum Gasteiger partial charge on any atom is -0.462 e. The van der Waals surface area contributed by atoms with Crippen LogP contribution < -0.4 is 5.32 Å². The van der Waals surface area contributed by atoms with E-state index in [1.54, 1.807) is 43.3 Å². The van der Waals surface area contributed by atoms with Crippen molar-refractivity contribution in [3.8, 4) is 0 Å². The summed E-state index contributed by atoms with van der Waals surface area (Å²) in [7, 11) is 0. The van der Waals surface area contributed by atoms with Gasteiger partial charge in [0, 0.05) is 30.8 Å². The van der Waals surface area contributed by atoms with Crippen molar-refractivity contribution < 1.29 is 19.1 Å². The van der Waals surface area contributed by atoms with Gasteiger partial charge in [-0.1, -0.05) is 18.2 Å². The Balaban J connectivity index is 1.63. The second-order valence-corrected chi connectivity index (χ2v) is 6.37. The molecule has 1 aliphatic rings. The van der Waals surface area contributed by atoms with E-state index < -0.39 is 5.97 Å². The number of esters is 1. The molecule has 1 N–H and O–H groups in total. The van der Waals surface area contributed by atoms with Crippen LogP contribution in [0.15, 0.2) is 48.5 Å². The van der Waals surface area contributed by atoms with Crippen molar-refractivity contribution in [1.29, 1.82) is 0 Å². The summed E-state index contributed by atoms with van der Waals surface area (Å²) < 4.78 is 4.97. The molecule has 0 radical (unpaired) electrons. The van der Waals surface area contributed by atoms with Crippen molar-refractivity contribution in [1.82, 2.24) is 4.90 Å². The maximum Gasteiger partial charge on any atom is 0.338 e. The molecule has 1 heterocycles. The molecule has 0 bridgehead atoms. The lowest BCUT2D eigenvalue weighted by Crippen LogP contribution is -2.23. The predicted molar refractivity (Wildman–Crippen MR) is 101 cm³/mol. The number of hydrogen-bond donors (Lipinski definition) is 1. The van der Waals surface area contributed by atoms with E-state index in [0.29, 0.717) is 36.4 Å². The minimum atomic E-state index is -0.422. The topological polar surface area (TPSA) is 75.7 Å². The quantitative estimate of drug-likeness (QED) is 0.797. The van der Waals surface area contributed by atoms with Gasteiger partial charge in [0.05, 0.1) is 12.2 Å². The van der Waals surface area contributed by atoms with Crippen LogP contribution in [0.5, 0.6) is 0 Å². The lowest BCUT2D eigenvalue weighted by atomic mass is 10.1. The largest absolute Gasteiger partial charge is 0.462 e. The van der Waals surface area contributed by atoms with Crippen LogP contribution >= 0.6 is 0 Å². The highest BCUT2D eigenvalue weighted by Crippen LogP contribution is 2.16. The fourth-order valence-corrected chi connectivity index (χ4v) is 2.99. The van der Waals surface area contributed by atoms with E-state index in [4.69, 9.17) is 4.74 Å². The Morgan fingerprint density at radius 1 is 1.11 bits per heavy atom. The summed E-state index contributed by atoms with van der Waals surface area (Å²) in [5.41, 5.74) is 2.41. The number of carbonyl (C=O) groups excluding carboxylic acids is 3. The molecule has 1 aliphatic heterocycles. The lowest BCUT2D eigenvalue weighted by molar-refractivity contribution is -0.128. The number of hydrogen-bond acceptors (Lipinski definition) is 4. The van der Waals surface area contributed by atoms with Crippen molar-refractivity contribution in [3.05, 3.63) is 65.2 Å². The number of nitrogens with one attached hydrogen (secondary N) is 1. The minimum absolute atomic E-state index is 0.179. The van der Waals surface area contributed by atoms with Gasteiger partial charge in [-0.3, -0.25) is 9.59 Å². The third-order valence-electron chi connectivity index (χ3n) is 4.39. The standard InChI is InChI=1S/C21H22N2O4/c1-2-27-21(26)17-5-3-6-18(13-17)22-20(25)16-10-8-15(9-11-16)14-23-12-4-7-19(23)24/h3,5-6,8-11,13H,2,4,7,12,14H2,1H3,(H,22,25). The first-order chi connectivity index (χ1) is 13.1. The second-order valence-electron chi connectivity index (χ2n) is 6.37. The Morgan fingerprint density at radius 3 is 2.56 bits per heavy atom. The van der Waals surface area contributed by atoms with Gasteiger partial charge >= 0.3 is 5.97 Å². The highest BCUT2D eigenvalue weighted by atomic mass is 16.5. The van der Waals surface area contributed by atoms with Crippen LogP contribution in [0, 0.1) is 0 Å². The number of benzene rings is 2. The molecule has 2 amide bonds. The Bertz CT molecular complexity index is 846. The Kier molecular flexibility index (Phi) is 5.86. The SMILES string of the molecule is CCOC(=O)c1cccc(NC(=O)c2ccc(CN3CCCC3=O)cc2)c1. The molecule has 6 nitrogen and oxygen atoms in total. The van der Waals surface area contributed by atoms with E-state index in [-0.39, 0.29) is 11.8 Å². The van der Waals surface area contributed by atoms with Crippen LogP contribution in [0.4, 0.5) is 5.69 Å². The molecule has 1 fully saturated rings. The van der Waals surface area contributed by atoms with Crippen LogP contribution in [0.1, 0.15) is 46.0 Å². The molecular formula is C21H22N2O4. The van der Waals surface area contributed by atoms with Crippen LogP contribution in [0.3, 0.4) is 0 Å². The molecule has 0 atom stereocenters. The molecule has 0 saturated carbocycles. The third kappa shape index (κ3) is 4.73. The molecule has 0 aliphatic carbocycles. The van der Waals surface area contributed by atoms with Crippen molar-refractivity contribution in [3.63, 3.8) is 0 Å². The molecule has 1 saturated heterocycles. The van der Waals surface area contributed by atoms with Gasteiger partial charge in [0.25, 0.3) is 5.91 Å². The summed E-state index contributed by atoms with van der Waals surface area (Å²) >= 11 is 0. The van der Waals surface area contributed by atoms with Crippen molar-refractivity contribution in [2.24, 2.45) is 0 Å². The molecule has 0 spiro atoms. The van der Waals surface area contributed by atoms with E-state index in [9.17, 15) is 14.4 Å². The van der Waals surface area contributed by atoms with Crippen LogP contribution in [0.25, 0.3) is 0 Å². The van der Waals surface area contributed by atoms with Gasteiger partial charge in [-0.05, 0) is 49.2 Å². The summed E-state index contributed by atoms with van der Waals surface area (Å²) in [6.07, 6.45) is 1.52. The molecule has 3 rings (SSSR count). The number of rotatable bonds is 6. The molecule has 2 aromatic rings. The molecule has 140 valence electrons. The summed E-state index contributed by atoms with van der Waals surface area (Å²) in [6, 6.07) is 13.8. The van der Waals surface area contributed by atoms with E-state index in [2.05, 4.69) is 5.32 Å². The van der Waals surface area contributed by atoms with E-state index in [1.165, 1.54) is 0 Å². The number of nitrogens with zero attached hydrogens (tertiary/aromatic N) is 1. The summed E-state index contributed by atoms with van der Waals surface area (Å²) in [5, 5.41) is 2.78. The normalized spacial score (nSPS) is 13.5. The fourth-order valence-electron chi connectivity index (χ4n) is 2.99.